The molecule has 1 atom stereocenters. The molecular weight excluding hydrogens is 352 g/mol. The molecule has 0 amide bonds. The molecule has 0 aliphatic carbocycles. The first-order chi connectivity index (χ1) is 13.4. The average molecular weight is 383 g/mol. The van der Waals surface area contributed by atoms with Crippen molar-refractivity contribution in [3.8, 4) is 17.6 Å². The average Bonchev–Trinajstić information content (AvgIpc) is 2.70. The van der Waals surface area contributed by atoms with Crippen LogP contribution in [0.1, 0.15) is 31.4 Å². The number of benzene rings is 2. The summed E-state index contributed by atoms with van der Waals surface area (Å²) >= 11 is 0. The highest BCUT2D eigenvalue weighted by atomic mass is 16.5. The molecule has 2 rings (SSSR count). The van der Waals surface area contributed by atoms with Crippen molar-refractivity contribution in [1.29, 1.82) is 5.26 Å². The molecule has 5 heteroatoms. The van der Waals surface area contributed by atoms with Crippen LogP contribution in [0, 0.1) is 11.3 Å². The van der Waals surface area contributed by atoms with E-state index in [0.29, 0.717) is 13.0 Å². The van der Waals surface area contributed by atoms with Crippen LogP contribution in [0.15, 0.2) is 48.5 Å². The molecule has 0 bridgehead atoms. The molecule has 0 aliphatic rings. The largest absolute Gasteiger partial charge is 0.497 e. The maximum absolute atomic E-state index is 10.2. The van der Waals surface area contributed by atoms with Gasteiger partial charge in [0.05, 0.1) is 13.2 Å². The molecule has 0 saturated carbocycles. The van der Waals surface area contributed by atoms with E-state index in [9.17, 15) is 5.11 Å². The lowest BCUT2D eigenvalue weighted by Gasteiger charge is -2.28. The fourth-order valence-electron chi connectivity index (χ4n) is 2.91. The minimum absolute atomic E-state index is 0.155. The Balaban J connectivity index is 1.74. The van der Waals surface area contributed by atoms with Crippen LogP contribution in [0.4, 0.5) is 0 Å². The Morgan fingerprint density at radius 2 is 1.64 bits per heavy atom. The summed E-state index contributed by atoms with van der Waals surface area (Å²) < 4.78 is 10.9. The zero-order valence-corrected chi connectivity index (χ0v) is 16.9. The van der Waals surface area contributed by atoms with Crippen molar-refractivity contribution in [1.82, 2.24) is 5.32 Å². The minimum Gasteiger partial charge on any atom is -0.497 e. The zero-order valence-electron chi connectivity index (χ0n) is 16.9. The van der Waals surface area contributed by atoms with E-state index < -0.39 is 6.10 Å². The summed E-state index contributed by atoms with van der Waals surface area (Å²) in [5.41, 5.74) is 2.16. The van der Waals surface area contributed by atoms with E-state index in [1.165, 1.54) is 5.56 Å². The van der Waals surface area contributed by atoms with Crippen LogP contribution in [-0.2, 0) is 12.8 Å². The summed E-state index contributed by atoms with van der Waals surface area (Å²) in [5, 5.41) is 22.3. The van der Waals surface area contributed by atoms with Crippen LogP contribution in [-0.4, -0.2) is 37.0 Å². The Hall–Kier alpha value is -2.55. The molecule has 1 unspecified atom stereocenters. The van der Waals surface area contributed by atoms with Crippen LogP contribution in [0.25, 0.3) is 0 Å². The summed E-state index contributed by atoms with van der Waals surface area (Å²) in [6, 6.07) is 17.8. The van der Waals surface area contributed by atoms with Crippen molar-refractivity contribution >= 4 is 0 Å². The molecule has 0 fully saturated rings. The Morgan fingerprint density at radius 1 is 1.04 bits per heavy atom. The molecule has 0 saturated heterocycles. The predicted molar refractivity (Wildman–Crippen MR) is 111 cm³/mol. The molecule has 2 aromatic carbocycles. The molecule has 150 valence electrons. The Bertz CT molecular complexity index is 749. The molecule has 0 radical (unpaired) electrons. The third kappa shape index (κ3) is 7.59. The quantitative estimate of drug-likeness (QED) is 0.622. The molecule has 0 aromatic heterocycles. The van der Waals surface area contributed by atoms with E-state index in [1.807, 2.05) is 36.4 Å². The predicted octanol–water partition coefficient (Wildman–Crippen LogP) is 3.50. The van der Waals surface area contributed by atoms with E-state index in [4.69, 9.17) is 14.7 Å². The fourth-order valence-corrected chi connectivity index (χ4v) is 2.91. The van der Waals surface area contributed by atoms with Crippen molar-refractivity contribution in [2.24, 2.45) is 0 Å². The lowest BCUT2D eigenvalue weighted by atomic mass is 9.94. The van der Waals surface area contributed by atoms with Crippen molar-refractivity contribution in [3.63, 3.8) is 0 Å². The lowest BCUT2D eigenvalue weighted by molar-refractivity contribution is 0.0988. The third-order valence-corrected chi connectivity index (χ3v) is 4.51. The highest BCUT2D eigenvalue weighted by molar-refractivity contribution is 5.28. The van der Waals surface area contributed by atoms with Gasteiger partial charge in [0.1, 0.15) is 24.2 Å². The van der Waals surface area contributed by atoms with Crippen LogP contribution in [0.3, 0.4) is 0 Å². The summed E-state index contributed by atoms with van der Waals surface area (Å²) in [7, 11) is 1.66. The maximum Gasteiger partial charge on any atom is 0.119 e. The second-order valence-corrected chi connectivity index (χ2v) is 7.56. The van der Waals surface area contributed by atoms with Gasteiger partial charge in [-0.2, -0.15) is 5.26 Å². The molecule has 0 spiro atoms. The first-order valence-electron chi connectivity index (χ1n) is 9.56. The number of aliphatic hydroxyl groups is 1. The van der Waals surface area contributed by atoms with E-state index in [1.54, 1.807) is 7.11 Å². The number of hydrogen-bond donors (Lipinski definition) is 2. The number of ether oxygens (including phenoxy) is 2. The zero-order chi connectivity index (χ0) is 20.4. The first kappa shape index (κ1) is 21.7. The lowest BCUT2D eigenvalue weighted by Crippen LogP contribution is -2.46. The van der Waals surface area contributed by atoms with Gasteiger partial charge in [0, 0.05) is 18.5 Å². The van der Waals surface area contributed by atoms with Gasteiger partial charge < -0.3 is 19.9 Å². The molecule has 5 nitrogen and oxygen atoms in total. The summed E-state index contributed by atoms with van der Waals surface area (Å²) in [6.07, 6.45) is 1.49. The van der Waals surface area contributed by atoms with Crippen LogP contribution in [0.2, 0.25) is 0 Å². The number of nitrogens with one attached hydrogen (secondary N) is 1. The number of aliphatic hydroxyl groups excluding tert-OH is 1. The Morgan fingerprint density at radius 3 is 2.25 bits per heavy atom. The highest BCUT2D eigenvalue weighted by Gasteiger charge is 2.19. The van der Waals surface area contributed by atoms with E-state index in [-0.39, 0.29) is 12.1 Å². The van der Waals surface area contributed by atoms with Gasteiger partial charge in [0.2, 0.25) is 0 Å². The van der Waals surface area contributed by atoms with E-state index in [2.05, 4.69) is 37.4 Å². The molecule has 28 heavy (non-hydrogen) atoms. The molecule has 2 aromatic rings. The molecule has 2 N–H and O–H groups in total. The van der Waals surface area contributed by atoms with E-state index in [0.717, 1.165) is 29.9 Å². The molecule has 0 aliphatic heterocycles. The van der Waals surface area contributed by atoms with Gasteiger partial charge in [0.15, 0.2) is 0 Å². The van der Waals surface area contributed by atoms with Crippen LogP contribution < -0.4 is 14.8 Å². The van der Waals surface area contributed by atoms with Gasteiger partial charge in [-0.15, -0.1) is 0 Å². The second-order valence-electron chi connectivity index (χ2n) is 7.56. The summed E-state index contributed by atoms with van der Waals surface area (Å²) in [6.45, 7) is 4.90. The normalized spacial score (nSPS) is 12.2. The van der Waals surface area contributed by atoms with Gasteiger partial charge in [-0.3, -0.25) is 0 Å². The molecular formula is C23H30N2O3. The van der Waals surface area contributed by atoms with Gasteiger partial charge in [-0.05, 0) is 62.1 Å². The Labute approximate surface area is 167 Å². The number of aryl methyl sites for hydroxylation is 1. The fraction of sp³-hybridized carbons (Fsp3) is 0.435. The number of rotatable bonds is 11. The van der Waals surface area contributed by atoms with Crippen molar-refractivity contribution in [3.05, 3.63) is 59.7 Å². The number of nitriles is 1. The topological polar surface area (TPSA) is 74.5 Å². The number of hydrogen-bond acceptors (Lipinski definition) is 5. The summed E-state index contributed by atoms with van der Waals surface area (Å²) in [5.74, 6) is 1.57. The SMILES string of the molecule is COc1ccc(CC(C)(C)NCC(O)COc2ccc(CCC#N)cc2)cc1. The molecule has 0 heterocycles. The smallest absolute Gasteiger partial charge is 0.119 e. The number of methoxy groups -OCH3 is 1. The number of nitrogens with zero attached hydrogens (tertiary/aromatic N) is 1. The van der Waals surface area contributed by atoms with Crippen LogP contribution >= 0.6 is 0 Å². The van der Waals surface area contributed by atoms with Gasteiger partial charge in [-0.25, -0.2) is 0 Å². The third-order valence-electron chi connectivity index (χ3n) is 4.51. The van der Waals surface area contributed by atoms with Crippen LogP contribution in [0.5, 0.6) is 11.5 Å². The van der Waals surface area contributed by atoms with Crippen molar-refractivity contribution in [2.75, 3.05) is 20.3 Å². The van der Waals surface area contributed by atoms with Crippen molar-refractivity contribution in [2.45, 2.75) is 44.8 Å². The van der Waals surface area contributed by atoms with Gasteiger partial charge in [-0.1, -0.05) is 24.3 Å². The maximum atomic E-state index is 10.2. The Kier molecular flexibility index (Phi) is 8.31. The monoisotopic (exact) mass is 382 g/mol. The first-order valence-corrected chi connectivity index (χ1v) is 9.56. The van der Waals surface area contributed by atoms with Gasteiger partial charge >= 0.3 is 0 Å². The minimum atomic E-state index is -0.603. The second kappa shape index (κ2) is 10.7. The summed E-state index contributed by atoms with van der Waals surface area (Å²) in [4.78, 5) is 0. The van der Waals surface area contributed by atoms with Crippen molar-refractivity contribution < 1.29 is 14.6 Å². The number of β-amino-alcohol motifs (C(OH)–C–C–N with tert-alkyl or cyclic N) is 1. The highest BCUT2D eigenvalue weighted by Crippen LogP contribution is 2.17. The van der Waals surface area contributed by atoms with E-state index >= 15 is 0 Å². The van der Waals surface area contributed by atoms with Gasteiger partial charge in [0.25, 0.3) is 0 Å². The standard InChI is InChI=1S/C23H30N2O3/c1-23(2,15-19-8-10-21(27-3)11-9-19)25-16-20(26)17-28-22-12-6-18(7-13-22)5-4-14-24/h6-13,20,25-26H,4-5,15-17H2,1-3H3.